The van der Waals surface area contributed by atoms with E-state index in [2.05, 4.69) is 10.6 Å². The summed E-state index contributed by atoms with van der Waals surface area (Å²) in [4.78, 5) is 11.9. The third kappa shape index (κ3) is 3.92. The van der Waals surface area contributed by atoms with Crippen LogP contribution in [0.25, 0.3) is 0 Å². The van der Waals surface area contributed by atoms with Crippen LogP contribution in [0.3, 0.4) is 0 Å². The maximum atomic E-state index is 11.9. The predicted octanol–water partition coefficient (Wildman–Crippen LogP) is 1.68. The van der Waals surface area contributed by atoms with Gasteiger partial charge in [-0.2, -0.15) is 0 Å². The molecule has 3 heteroatoms. The molecule has 0 aromatic heterocycles. The highest BCUT2D eigenvalue weighted by molar-refractivity contribution is 5.85. The zero-order chi connectivity index (χ0) is 11.3. The van der Waals surface area contributed by atoms with Crippen LogP contribution < -0.4 is 10.6 Å². The van der Waals surface area contributed by atoms with Crippen LogP contribution in [-0.4, -0.2) is 32.0 Å². The number of ketones is 1. The van der Waals surface area contributed by atoms with E-state index in [0.29, 0.717) is 11.7 Å². The topological polar surface area (TPSA) is 41.1 Å². The number of hydrogen-bond acceptors (Lipinski definition) is 3. The van der Waals surface area contributed by atoms with E-state index in [1.54, 1.807) is 0 Å². The molecule has 0 bridgehead atoms. The van der Waals surface area contributed by atoms with Crippen LogP contribution in [0.2, 0.25) is 0 Å². The van der Waals surface area contributed by atoms with Gasteiger partial charge in [-0.3, -0.25) is 4.79 Å². The van der Waals surface area contributed by atoms with Crippen molar-refractivity contribution >= 4 is 5.78 Å². The maximum Gasteiger partial charge on any atom is 0.152 e. The molecule has 0 amide bonds. The van der Waals surface area contributed by atoms with Crippen molar-refractivity contribution in [2.75, 3.05) is 20.1 Å². The van der Waals surface area contributed by atoms with Gasteiger partial charge in [0.15, 0.2) is 5.78 Å². The average molecular weight is 216 g/mol. The van der Waals surface area contributed by atoms with Crippen LogP contribution in [0.5, 0.6) is 0 Å². The third-order valence-corrected chi connectivity index (χ3v) is 3.23. The number of piperidine rings is 1. The van der Waals surface area contributed by atoms with Crippen molar-refractivity contribution in [1.82, 2.24) is 10.6 Å². The van der Waals surface area contributed by atoms with E-state index in [0.717, 1.165) is 19.5 Å². The SMILES string of the molecule is CNC(CC1CCCNC1)C(=O)C(C)C.[HH].[HH]. The summed E-state index contributed by atoms with van der Waals surface area (Å²) in [6.07, 6.45) is 3.49. The second-order valence-corrected chi connectivity index (χ2v) is 4.85. The molecule has 0 saturated carbocycles. The highest BCUT2D eigenvalue weighted by Crippen LogP contribution is 2.17. The monoisotopic (exact) mass is 216 g/mol. The average Bonchev–Trinajstić information content (AvgIpc) is 2.26. The first-order valence-corrected chi connectivity index (χ1v) is 6.06. The molecule has 2 atom stereocenters. The number of Topliss-reactive ketones (excluding diaryl/α,β-unsaturated/α-hetero) is 1. The molecule has 0 radical (unpaired) electrons. The van der Waals surface area contributed by atoms with Crippen molar-refractivity contribution in [3.05, 3.63) is 0 Å². The Morgan fingerprint density at radius 1 is 1.60 bits per heavy atom. The van der Waals surface area contributed by atoms with E-state index in [1.165, 1.54) is 12.8 Å². The third-order valence-electron chi connectivity index (χ3n) is 3.23. The van der Waals surface area contributed by atoms with Gasteiger partial charge in [0.1, 0.15) is 0 Å². The Kier molecular flexibility index (Phi) is 5.26. The minimum Gasteiger partial charge on any atom is -0.316 e. The molecule has 92 valence electrons. The molecule has 1 aliphatic rings. The molecular formula is C12H28N2O. The van der Waals surface area contributed by atoms with Gasteiger partial charge in [0.05, 0.1) is 6.04 Å². The van der Waals surface area contributed by atoms with E-state index in [-0.39, 0.29) is 14.8 Å². The Hall–Kier alpha value is -0.410. The molecule has 0 aliphatic carbocycles. The molecule has 1 heterocycles. The fraction of sp³-hybridized carbons (Fsp3) is 0.917. The maximum absolute atomic E-state index is 11.9. The van der Waals surface area contributed by atoms with Crippen LogP contribution in [0.4, 0.5) is 0 Å². The van der Waals surface area contributed by atoms with Gasteiger partial charge in [-0.05, 0) is 45.3 Å². The standard InChI is InChI=1S/C12H24N2O.2H2/c1-9(2)12(15)11(13-3)7-10-5-4-6-14-8-10;;/h9-11,13-14H,4-8H2,1-3H3;2*1H. The lowest BCUT2D eigenvalue weighted by molar-refractivity contribution is -0.124. The molecule has 15 heavy (non-hydrogen) atoms. The highest BCUT2D eigenvalue weighted by atomic mass is 16.1. The van der Waals surface area contributed by atoms with Crippen LogP contribution in [0.1, 0.15) is 36.0 Å². The summed E-state index contributed by atoms with van der Waals surface area (Å²) in [7, 11) is 1.89. The summed E-state index contributed by atoms with van der Waals surface area (Å²) in [5.41, 5.74) is 0. The van der Waals surface area contributed by atoms with Crippen molar-refractivity contribution in [3.63, 3.8) is 0 Å². The summed E-state index contributed by atoms with van der Waals surface area (Å²) in [6, 6.07) is 0.0508. The number of nitrogens with one attached hydrogen (secondary N) is 2. The fourth-order valence-electron chi connectivity index (χ4n) is 2.24. The largest absolute Gasteiger partial charge is 0.316 e. The van der Waals surface area contributed by atoms with Crippen LogP contribution in [-0.2, 0) is 4.79 Å². The first-order valence-electron chi connectivity index (χ1n) is 6.06. The Bertz CT molecular complexity index is 207. The first-order chi connectivity index (χ1) is 7.15. The Labute approximate surface area is 96.0 Å². The highest BCUT2D eigenvalue weighted by Gasteiger charge is 2.24. The van der Waals surface area contributed by atoms with Crippen LogP contribution in [0.15, 0.2) is 0 Å². The van der Waals surface area contributed by atoms with Crippen molar-refractivity contribution < 1.29 is 7.65 Å². The van der Waals surface area contributed by atoms with Gasteiger partial charge < -0.3 is 10.6 Å². The molecular weight excluding hydrogens is 188 g/mol. The van der Waals surface area contributed by atoms with Gasteiger partial charge >= 0.3 is 0 Å². The molecule has 0 aromatic carbocycles. The lowest BCUT2D eigenvalue weighted by atomic mass is 9.88. The Morgan fingerprint density at radius 2 is 2.33 bits per heavy atom. The zero-order valence-corrected chi connectivity index (χ0v) is 10.2. The molecule has 1 saturated heterocycles. The van der Waals surface area contributed by atoms with Gasteiger partial charge in [0.25, 0.3) is 0 Å². The molecule has 2 unspecified atom stereocenters. The van der Waals surface area contributed by atoms with Crippen molar-refractivity contribution in [3.8, 4) is 0 Å². The molecule has 0 spiro atoms. The van der Waals surface area contributed by atoms with Crippen molar-refractivity contribution in [1.29, 1.82) is 0 Å². The number of rotatable bonds is 5. The summed E-state index contributed by atoms with van der Waals surface area (Å²) >= 11 is 0. The quantitative estimate of drug-likeness (QED) is 0.734. The molecule has 0 aromatic rings. The summed E-state index contributed by atoms with van der Waals surface area (Å²) in [6.45, 7) is 6.17. The van der Waals surface area contributed by atoms with Crippen molar-refractivity contribution in [2.24, 2.45) is 11.8 Å². The molecule has 1 fully saturated rings. The summed E-state index contributed by atoms with van der Waals surface area (Å²) in [5.74, 6) is 1.15. The van der Waals surface area contributed by atoms with Crippen LogP contribution >= 0.6 is 0 Å². The van der Waals surface area contributed by atoms with E-state index < -0.39 is 0 Å². The number of carbonyl (C=O) groups excluding carboxylic acids is 1. The van der Waals surface area contributed by atoms with E-state index in [9.17, 15) is 4.79 Å². The van der Waals surface area contributed by atoms with Gasteiger partial charge in [-0.25, -0.2) is 0 Å². The van der Waals surface area contributed by atoms with Gasteiger partial charge in [-0.1, -0.05) is 13.8 Å². The van der Waals surface area contributed by atoms with E-state index >= 15 is 0 Å². The summed E-state index contributed by atoms with van der Waals surface area (Å²) < 4.78 is 0. The smallest absolute Gasteiger partial charge is 0.152 e. The number of hydrogen-bond donors (Lipinski definition) is 2. The van der Waals surface area contributed by atoms with Crippen LogP contribution in [0, 0.1) is 11.8 Å². The molecule has 3 nitrogen and oxygen atoms in total. The number of carbonyl (C=O) groups is 1. The second-order valence-electron chi connectivity index (χ2n) is 4.85. The van der Waals surface area contributed by atoms with Crippen molar-refractivity contribution in [2.45, 2.75) is 39.2 Å². The van der Waals surface area contributed by atoms with E-state index in [4.69, 9.17) is 0 Å². The molecule has 2 N–H and O–H groups in total. The van der Waals surface area contributed by atoms with E-state index in [1.807, 2.05) is 20.9 Å². The summed E-state index contributed by atoms with van der Waals surface area (Å²) in [5, 5.41) is 6.55. The minimum absolute atomic E-state index is 0. The Balaban J connectivity index is 0. The number of likely N-dealkylation sites (N-methyl/N-ethyl adjacent to an activating group) is 1. The minimum atomic E-state index is 0. The Morgan fingerprint density at radius 3 is 2.80 bits per heavy atom. The van der Waals surface area contributed by atoms with Gasteiger partial charge in [0.2, 0.25) is 0 Å². The fourth-order valence-corrected chi connectivity index (χ4v) is 2.24. The van der Waals surface area contributed by atoms with Gasteiger partial charge in [0, 0.05) is 8.77 Å². The van der Waals surface area contributed by atoms with Gasteiger partial charge in [-0.15, -0.1) is 0 Å². The second kappa shape index (κ2) is 6.23. The lowest BCUT2D eigenvalue weighted by Gasteiger charge is -2.27. The lowest BCUT2D eigenvalue weighted by Crippen LogP contribution is -2.41. The molecule has 1 aliphatic heterocycles. The first kappa shape index (κ1) is 12.7. The predicted molar refractivity (Wildman–Crippen MR) is 67.1 cm³/mol. The normalized spacial score (nSPS) is 24.1. The zero-order valence-electron chi connectivity index (χ0n) is 10.2. The molecule has 1 rings (SSSR count).